The molecule has 2 nitrogen and oxygen atoms in total. The Morgan fingerprint density at radius 3 is 2.52 bits per heavy atom. The molecule has 1 heterocycles. The van der Waals surface area contributed by atoms with Gasteiger partial charge in [0.1, 0.15) is 0 Å². The summed E-state index contributed by atoms with van der Waals surface area (Å²) in [6.07, 6.45) is 10.8. The van der Waals surface area contributed by atoms with Gasteiger partial charge in [-0.3, -0.25) is 4.90 Å². The second-order valence-corrected chi connectivity index (χ2v) is 8.11. The highest BCUT2D eigenvalue weighted by Gasteiger charge is 2.34. The highest BCUT2D eigenvalue weighted by Crippen LogP contribution is 2.29. The average Bonchev–Trinajstić information content (AvgIpc) is 2.65. The van der Waals surface area contributed by atoms with E-state index in [1.807, 2.05) is 0 Å². The van der Waals surface area contributed by atoms with Crippen LogP contribution >= 0.6 is 0 Å². The fourth-order valence-electron chi connectivity index (χ4n) is 4.44. The molecule has 1 saturated heterocycles. The first kappa shape index (κ1) is 20.5. The zero-order valence-corrected chi connectivity index (χ0v) is 16.9. The first-order valence-electron chi connectivity index (χ1n) is 10.7. The van der Waals surface area contributed by atoms with Gasteiger partial charge in [-0.05, 0) is 30.7 Å². The first-order valence-corrected chi connectivity index (χ1v) is 10.7. The van der Waals surface area contributed by atoms with Gasteiger partial charge in [-0.25, -0.2) is 0 Å². The lowest BCUT2D eigenvalue weighted by Gasteiger charge is -2.45. The van der Waals surface area contributed by atoms with Crippen LogP contribution in [0, 0.1) is 5.92 Å². The van der Waals surface area contributed by atoms with E-state index < -0.39 is 0 Å². The molecular weight excluding hydrogens is 304 g/mol. The third kappa shape index (κ3) is 6.75. The van der Waals surface area contributed by atoms with Crippen molar-refractivity contribution in [3.05, 3.63) is 35.9 Å². The van der Waals surface area contributed by atoms with Crippen molar-refractivity contribution in [3.8, 4) is 0 Å². The van der Waals surface area contributed by atoms with Crippen LogP contribution in [0.15, 0.2) is 30.3 Å². The molecular formula is C23H40N2. The Labute approximate surface area is 156 Å². The number of piperazine rings is 1. The standard InChI is InChI=1S/C23H40N2/c1-4-7-15-23(16-14-21(6-3)11-5-2)20-25(18-17-24-23)19-22-12-9-8-10-13-22/h8-10,12-13,21,24H,4-7,11,14-20H2,1-3H3. The van der Waals surface area contributed by atoms with E-state index in [1.165, 1.54) is 70.0 Å². The van der Waals surface area contributed by atoms with Crippen molar-refractivity contribution in [2.45, 2.75) is 84.2 Å². The summed E-state index contributed by atoms with van der Waals surface area (Å²) in [7, 11) is 0. The normalized spacial score (nSPS) is 22.8. The van der Waals surface area contributed by atoms with E-state index in [-0.39, 0.29) is 0 Å². The minimum absolute atomic E-state index is 0.338. The summed E-state index contributed by atoms with van der Waals surface area (Å²) < 4.78 is 0. The molecule has 0 radical (unpaired) electrons. The molecule has 142 valence electrons. The fourth-order valence-corrected chi connectivity index (χ4v) is 4.44. The second kappa shape index (κ2) is 11.0. The molecule has 0 amide bonds. The van der Waals surface area contributed by atoms with Crippen molar-refractivity contribution in [1.82, 2.24) is 10.2 Å². The van der Waals surface area contributed by atoms with Crippen LogP contribution in [0.1, 0.15) is 77.7 Å². The first-order chi connectivity index (χ1) is 12.2. The maximum absolute atomic E-state index is 3.96. The van der Waals surface area contributed by atoms with Gasteiger partial charge in [0.05, 0.1) is 0 Å². The predicted octanol–water partition coefficient (Wildman–Crippen LogP) is 5.63. The molecule has 1 aromatic carbocycles. The van der Waals surface area contributed by atoms with Crippen LogP contribution in [0.2, 0.25) is 0 Å². The molecule has 1 aromatic rings. The Bertz CT molecular complexity index is 458. The predicted molar refractivity (Wildman–Crippen MR) is 110 cm³/mol. The summed E-state index contributed by atoms with van der Waals surface area (Å²) in [5, 5.41) is 3.96. The molecule has 25 heavy (non-hydrogen) atoms. The summed E-state index contributed by atoms with van der Waals surface area (Å²) in [5.74, 6) is 0.912. The van der Waals surface area contributed by atoms with Crippen LogP contribution in [-0.2, 0) is 6.54 Å². The highest BCUT2D eigenvalue weighted by atomic mass is 15.2. The van der Waals surface area contributed by atoms with Gasteiger partial charge in [0.25, 0.3) is 0 Å². The summed E-state index contributed by atoms with van der Waals surface area (Å²) in [5.41, 5.74) is 1.79. The number of rotatable bonds is 11. The largest absolute Gasteiger partial charge is 0.309 e. The molecule has 1 aliphatic heterocycles. The molecule has 2 rings (SSSR count). The van der Waals surface area contributed by atoms with E-state index in [1.54, 1.807) is 0 Å². The Balaban J connectivity index is 1.98. The molecule has 1 N–H and O–H groups in total. The van der Waals surface area contributed by atoms with Crippen LogP contribution in [-0.4, -0.2) is 30.1 Å². The van der Waals surface area contributed by atoms with Crippen LogP contribution < -0.4 is 5.32 Å². The fraction of sp³-hybridized carbons (Fsp3) is 0.739. The number of benzene rings is 1. The molecule has 0 aliphatic carbocycles. The van der Waals surface area contributed by atoms with E-state index in [0.717, 1.165) is 19.0 Å². The third-order valence-corrected chi connectivity index (χ3v) is 6.02. The van der Waals surface area contributed by atoms with Gasteiger partial charge in [0.2, 0.25) is 0 Å². The number of hydrogen-bond acceptors (Lipinski definition) is 2. The highest BCUT2D eigenvalue weighted by molar-refractivity contribution is 5.15. The van der Waals surface area contributed by atoms with E-state index in [4.69, 9.17) is 0 Å². The van der Waals surface area contributed by atoms with Crippen LogP contribution in [0.4, 0.5) is 0 Å². The van der Waals surface area contributed by atoms with Crippen LogP contribution in [0.5, 0.6) is 0 Å². The minimum atomic E-state index is 0.338. The van der Waals surface area contributed by atoms with Gasteiger partial charge < -0.3 is 5.32 Å². The van der Waals surface area contributed by atoms with Crippen molar-refractivity contribution in [3.63, 3.8) is 0 Å². The Morgan fingerprint density at radius 1 is 1.04 bits per heavy atom. The number of nitrogens with zero attached hydrogens (tertiary/aromatic N) is 1. The second-order valence-electron chi connectivity index (χ2n) is 8.11. The van der Waals surface area contributed by atoms with Gasteiger partial charge in [0.15, 0.2) is 0 Å². The number of nitrogens with one attached hydrogen (secondary N) is 1. The molecule has 2 heteroatoms. The maximum atomic E-state index is 3.96. The Kier molecular flexibility index (Phi) is 8.98. The minimum Gasteiger partial charge on any atom is -0.309 e. The van der Waals surface area contributed by atoms with Gasteiger partial charge >= 0.3 is 0 Å². The van der Waals surface area contributed by atoms with Gasteiger partial charge in [-0.15, -0.1) is 0 Å². The lowest BCUT2D eigenvalue weighted by atomic mass is 9.81. The zero-order valence-electron chi connectivity index (χ0n) is 16.9. The Hall–Kier alpha value is -0.860. The van der Waals surface area contributed by atoms with Gasteiger partial charge in [-0.1, -0.05) is 83.2 Å². The van der Waals surface area contributed by atoms with Gasteiger partial charge in [-0.2, -0.15) is 0 Å². The van der Waals surface area contributed by atoms with Crippen molar-refractivity contribution >= 4 is 0 Å². The van der Waals surface area contributed by atoms with E-state index in [2.05, 4.69) is 61.3 Å². The van der Waals surface area contributed by atoms with Crippen LogP contribution in [0.25, 0.3) is 0 Å². The van der Waals surface area contributed by atoms with Crippen molar-refractivity contribution < 1.29 is 0 Å². The lowest BCUT2D eigenvalue weighted by molar-refractivity contribution is 0.102. The number of hydrogen-bond donors (Lipinski definition) is 1. The van der Waals surface area contributed by atoms with E-state index in [9.17, 15) is 0 Å². The maximum Gasteiger partial charge on any atom is 0.0309 e. The summed E-state index contributed by atoms with van der Waals surface area (Å²) in [6, 6.07) is 11.0. The molecule has 0 saturated carbocycles. The molecule has 2 atom stereocenters. The SMILES string of the molecule is CCCCC1(CCC(CC)CCC)CN(Cc2ccccc2)CCN1. The molecule has 0 spiro atoms. The molecule has 1 aliphatic rings. The number of unbranched alkanes of at least 4 members (excludes halogenated alkanes) is 1. The molecule has 2 unspecified atom stereocenters. The molecule has 0 aromatic heterocycles. The summed E-state index contributed by atoms with van der Waals surface area (Å²) in [6.45, 7) is 11.7. The molecule has 0 bridgehead atoms. The molecule has 1 fully saturated rings. The topological polar surface area (TPSA) is 15.3 Å². The van der Waals surface area contributed by atoms with E-state index >= 15 is 0 Å². The van der Waals surface area contributed by atoms with Crippen molar-refractivity contribution in [2.75, 3.05) is 19.6 Å². The lowest BCUT2D eigenvalue weighted by Crippen LogP contribution is -2.60. The quantitative estimate of drug-likeness (QED) is 0.560. The average molecular weight is 345 g/mol. The Morgan fingerprint density at radius 2 is 1.84 bits per heavy atom. The van der Waals surface area contributed by atoms with Crippen molar-refractivity contribution in [1.29, 1.82) is 0 Å². The van der Waals surface area contributed by atoms with Gasteiger partial charge in [0, 0.05) is 31.7 Å². The van der Waals surface area contributed by atoms with Crippen LogP contribution in [0.3, 0.4) is 0 Å². The van der Waals surface area contributed by atoms with E-state index in [0.29, 0.717) is 5.54 Å². The zero-order chi connectivity index (χ0) is 18.0. The van der Waals surface area contributed by atoms with Crippen molar-refractivity contribution in [2.24, 2.45) is 5.92 Å². The monoisotopic (exact) mass is 344 g/mol. The third-order valence-electron chi connectivity index (χ3n) is 6.02. The summed E-state index contributed by atoms with van der Waals surface area (Å²) in [4.78, 5) is 2.68. The smallest absolute Gasteiger partial charge is 0.0309 e. The summed E-state index contributed by atoms with van der Waals surface area (Å²) >= 11 is 0.